The lowest BCUT2D eigenvalue weighted by molar-refractivity contribution is -0.128. The number of nitrogens with zero attached hydrogens (tertiary/aromatic N) is 1. The highest BCUT2D eigenvalue weighted by molar-refractivity contribution is 5.77. The molecule has 0 heterocycles. The van der Waals surface area contributed by atoms with E-state index in [1.54, 1.807) is 0 Å². The van der Waals surface area contributed by atoms with E-state index in [9.17, 15) is 4.79 Å². The first-order chi connectivity index (χ1) is 8.61. The van der Waals surface area contributed by atoms with Crippen LogP contribution in [0.3, 0.4) is 0 Å². The molecule has 0 spiro atoms. The minimum absolute atomic E-state index is 0.0843. The van der Waals surface area contributed by atoms with E-state index >= 15 is 0 Å². The standard InChI is InChI=1S/C14H24N2O2/c1-11(2)8-12(9-15)16-14(17)10-18-13-6-4-3-5-7-13/h11-13H,3-8,10H2,1-2H3,(H,16,17)/t12-/m0/s1. The Morgan fingerprint density at radius 3 is 2.61 bits per heavy atom. The molecule has 0 aromatic heterocycles. The maximum absolute atomic E-state index is 11.6. The summed E-state index contributed by atoms with van der Waals surface area (Å²) < 4.78 is 5.57. The molecule has 1 aliphatic rings. The minimum Gasteiger partial charge on any atom is -0.368 e. The quantitative estimate of drug-likeness (QED) is 0.789. The van der Waals surface area contributed by atoms with Crippen molar-refractivity contribution >= 4 is 5.91 Å². The molecule has 1 atom stereocenters. The SMILES string of the molecule is CC(C)C[C@@H](C#N)NC(=O)COC1CCCCC1. The van der Waals surface area contributed by atoms with E-state index in [4.69, 9.17) is 10.00 Å². The summed E-state index contributed by atoms with van der Waals surface area (Å²) in [4.78, 5) is 11.6. The number of hydrogen-bond acceptors (Lipinski definition) is 3. The maximum Gasteiger partial charge on any atom is 0.247 e. The fourth-order valence-electron chi connectivity index (χ4n) is 2.28. The molecule has 1 amide bonds. The van der Waals surface area contributed by atoms with Gasteiger partial charge in [0, 0.05) is 0 Å². The summed E-state index contributed by atoms with van der Waals surface area (Å²) in [6.45, 7) is 4.16. The van der Waals surface area contributed by atoms with Gasteiger partial charge in [0.15, 0.2) is 0 Å². The Kier molecular flexibility index (Phi) is 6.74. The van der Waals surface area contributed by atoms with Gasteiger partial charge < -0.3 is 10.1 Å². The molecule has 1 N–H and O–H groups in total. The average molecular weight is 252 g/mol. The highest BCUT2D eigenvalue weighted by atomic mass is 16.5. The Morgan fingerprint density at radius 1 is 1.39 bits per heavy atom. The molecule has 1 rings (SSSR count). The summed E-state index contributed by atoms with van der Waals surface area (Å²) in [6, 6.07) is 1.72. The van der Waals surface area contributed by atoms with E-state index < -0.39 is 6.04 Å². The van der Waals surface area contributed by atoms with Crippen LogP contribution >= 0.6 is 0 Å². The number of nitrogens with one attached hydrogen (secondary N) is 1. The fraction of sp³-hybridized carbons (Fsp3) is 0.857. The number of hydrogen-bond donors (Lipinski definition) is 1. The molecule has 102 valence electrons. The Balaban J connectivity index is 2.21. The van der Waals surface area contributed by atoms with Crippen LogP contribution in [0.4, 0.5) is 0 Å². The van der Waals surface area contributed by atoms with Crippen molar-refractivity contribution in [2.24, 2.45) is 5.92 Å². The summed E-state index contributed by atoms with van der Waals surface area (Å²) in [5.74, 6) is 0.224. The number of rotatable bonds is 6. The third kappa shape index (κ3) is 6.02. The van der Waals surface area contributed by atoms with E-state index in [-0.39, 0.29) is 18.6 Å². The van der Waals surface area contributed by atoms with Crippen molar-refractivity contribution in [2.45, 2.75) is 64.5 Å². The minimum atomic E-state index is -0.396. The van der Waals surface area contributed by atoms with E-state index in [0.717, 1.165) is 12.8 Å². The number of ether oxygens (including phenoxy) is 1. The van der Waals surface area contributed by atoms with E-state index in [1.165, 1.54) is 19.3 Å². The predicted octanol–water partition coefficient (Wildman–Crippen LogP) is 2.39. The van der Waals surface area contributed by atoms with Crippen molar-refractivity contribution < 1.29 is 9.53 Å². The fourth-order valence-corrected chi connectivity index (χ4v) is 2.28. The van der Waals surface area contributed by atoms with Crippen molar-refractivity contribution in [2.75, 3.05) is 6.61 Å². The lowest BCUT2D eigenvalue weighted by Gasteiger charge is -2.22. The number of carbonyl (C=O) groups is 1. The van der Waals surface area contributed by atoms with Crippen LogP contribution in [0.5, 0.6) is 0 Å². The average Bonchev–Trinajstić information content (AvgIpc) is 2.36. The molecule has 4 nitrogen and oxygen atoms in total. The zero-order valence-electron chi connectivity index (χ0n) is 11.4. The van der Waals surface area contributed by atoms with Crippen LogP contribution < -0.4 is 5.32 Å². The Bertz CT molecular complexity index is 291. The summed E-state index contributed by atoms with van der Waals surface area (Å²) >= 11 is 0. The predicted molar refractivity (Wildman–Crippen MR) is 69.8 cm³/mol. The van der Waals surface area contributed by atoms with Gasteiger partial charge in [-0.2, -0.15) is 5.26 Å². The van der Waals surface area contributed by atoms with Crippen LogP contribution in [0.25, 0.3) is 0 Å². The van der Waals surface area contributed by atoms with Crippen molar-refractivity contribution in [3.63, 3.8) is 0 Å². The second kappa shape index (κ2) is 8.10. The molecule has 0 radical (unpaired) electrons. The van der Waals surface area contributed by atoms with Crippen LogP contribution in [0.2, 0.25) is 0 Å². The zero-order chi connectivity index (χ0) is 13.4. The Morgan fingerprint density at radius 2 is 2.06 bits per heavy atom. The molecule has 1 fully saturated rings. The van der Waals surface area contributed by atoms with Crippen molar-refractivity contribution in [1.82, 2.24) is 5.32 Å². The normalized spacial score (nSPS) is 18.3. The molecule has 18 heavy (non-hydrogen) atoms. The lowest BCUT2D eigenvalue weighted by atomic mass is 9.98. The molecule has 0 aromatic carbocycles. The molecular weight excluding hydrogens is 228 g/mol. The lowest BCUT2D eigenvalue weighted by Crippen LogP contribution is -2.38. The molecule has 0 aromatic rings. The second-order valence-electron chi connectivity index (χ2n) is 5.45. The first-order valence-electron chi connectivity index (χ1n) is 6.92. The van der Waals surface area contributed by atoms with Crippen LogP contribution in [0.15, 0.2) is 0 Å². The summed E-state index contributed by atoms with van der Waals surface area (Å²) in [5, 5.41) is 11.6. The topological polar surface area (TPSA) is 62.1 Å². The van der Waals surface area contributed by atoms with Crippen LogP contribution in [-0.2, 0) is 9.53 Å². The van der Waals surface area contributed by atoms with Gasteiger partial charge in [-0.3, -0.25) is 4.79 Å². The molecular formula is C14H24N2O2. The zero-order valence-corrected chi connectivity index (χ0v) is 11.4. The molecule has 1 aliphatic carbocycles. The highest BCUT2D eigenvalue weighted by Gasteiger charge is 2.17. The van der Waals surface area contributed by atoms with Crippen LogP contribution in [0, 0.1) is 17.2 Å². The van der Waals surface area contributed by atoms with Crippen LogP contribution in [-0.4, -0.2) is 24.7 Å². The van der Waals surface area contributed by atoms with Gasteiger partial charge in [-0.25, -0.2) is 0 Å². The third-order valence-corrected chi connectivity index (χ3v) is 3.20. The van der Waals surface area contributed by atoms with E-state index in [2.05, 4.69) is 11.4 Å². The second-order valence-corrected chi connectivity index (χ2v) is 5.45. The highest BCUT2D eigenvalue weighted by Crippen LogP contribution is 2.19. The monoisotopic (exact) mass is 252 g/mol. The van der Waals surface area contributed by atoms with Gasteiger partial charge in [-0.05, 0) is 25.2 Å². The van der Waals surface area contributed by atoms with Crippen molar-refractivity contribution in [3.05, 3.63) is 0 Å². The van der Waals surface area contributed by atoms with Gasteiger partial charge >= 0.3 is 0 Å². The molecule has 0 bridgehead atoms. The number of amides is 1. The van der Waals surface area contributed by atoms with E-state index in [1.807, 2.05) is 13.8 Å². The third-order valence-electron chi connectivity index (χ3n) is 3.20. The first-order valence-corrected chi connectivity index (χ1v) is 6.92. The molecule has 0 saturated heterocycles. The summed E-state index contributed by atoms with van der Waals surface area (Å²) in [6.07, 6.45) is 6.70. The van der Waals surface area contributed by atoms with Crippen LogP contribution in [0.1, 0.15) is 52.4 Å². The summed E-state index contributed by atoms with van der Waals surface area (Å²) in [5.41, 5.74) is 0. The molecule has 1 saturated carbocycles. The maximum atomic E-state index is 11.6. The Labute approximate surface area is 110 Å². The largest absolute Gasteiger partial charge is 0.368 e. The van der Waals surface area contributed by atoms with Gasteiger partial charge in [0.2, 0.25) is 5.91 Å². The van der Waals surface area contributed by atoms with Gasteiger partial charge in [-0.1, -0.05) is 33.1 Å². The van der Waals surface area contributed by atoms with Gasteiger partial charge in [0.1, 0.15) is 12.6 Å². The molecule has 0 aliphatic heterocycles. The van der Waals surface area contributed by atoms with Crippen molar-refractivity contribution in [1.29, 1.82) is 5.26 Å². The summed E-state index contributed by atoms with van der Waals surface area (Å²) in [7, 11) is 0. The molecule has 0 unspecified atom stereocenters. The molecule has 4 heteroatoms. The van der Waals surface area contributed by atoms with Gasteiger partial charge in [0.25, 0.3) is 0 Å². The first kappa shape index (κ1) is 15.0. The van der Waals surface area contributed by atoms with Gasteiger partial charge in [-0.15, -0.1) is 0 Å². The number of nitriles is 1. The smallest absolute Gasteiger partial charge is 0.247 e. The number of carbonyl (C=O) groups excluding carboxylic acids is 1. The van der Waals surface area contributed by atoms with Crippen molar-refractivity contribution in [3.8, 4) is 6.07 Å². The van der Waals surface area contributed by atoms with Gasteiger partial charge in [0.05, 0.1) is 12.2 Å². The van der Waals surface area contributed by atoms with E-state index in [0.29, 0.717) is 12.3 Å². The Hall–Kier alpha value is -1.08.